The van der Waals surface area contributed by atoms with Crippen molar-refractivity contribution >= 4 is 40.3 Å². The third-order valence-electron chi connectivity index (χ3n) is 3.79. The van der Waals surface area contributed by atoms with E-state index >= 15 is 0 Å². The predicted molar refractivity (Wildman–Crippen MR) is 116 cm³/mol. The molecule has 0 aliphatic carbocycles. The Labute approximate surface area is 169 Å². The van der Waals surface area contributed by atoms with Crippen molar-refractivity contribution in [2.24, 2.45) is 0 Å². The number of nitrogens with one attached hydrogen (secondary N) is 2. The Morgan fingerprint density at radius 3 is 2.22 bits per heavy atom. The number of aryl methyl sites for hydroxylation is 1. The standard InChI is InChI=1S/C21H19ClN2O2S/c1-14-3-6-16(7-4-14)23-21(27)24-19-13-15(22)5-12-20(19)26-18-10-8-17(25-2)9-11-18/h3-13H,1-2H3,(H2,23,24,27). The summed E-state index contributed by atoms with van der Waals surface area (Å²) in [5.74, 6) is 2.05. The van der Waals surface area contributed by atoms with Crippen molar-refractivity contribution in [1.82, 2.24) is 0 Å². The van der Waals surface area contributed by atoms with Crippen LogP contribution in [0.2, 0.25) is 5.02 Å². The number of halogens is 1. The smallest absolute Gasteiger partial charge is 0.175 e. The third kappa shape index (κ3) is 5.36. The van der Waals surface area contributed by atoms with Gasteiger partial charge in [0, 0.05) is 10.7 Å². The van der Waals surface area contributed by atoms with Gasteiger partial charge in [-0.2, -0.15) is 0 Å². The lowest BCUT2D eigenvalue weighted by atomic mass is 10.2. The molecule has 0 radical (unpaired) electrons. The first-order valence-electron chi connectivity index (χ1n) is 8.29. The fraction of sp³-hybridized carbons (Fsp3) is 0.0952. The van der Waals surface area contributed by atoms with Crippen LogP contribution in [0.1, 0.15) is 5.56 Å². The second kappa shape index (κ2) is 8.75. The number of rotatable bonds is 5. The van der Waals surface area contributed by atoms with E-state index in [1.807, 2.05) is 55.5 Å². The molecule has 27 heavy (non-hydrogen) atoms. The van der Waals surface area contributed by atoms with Gasteiger partial charge >= 0.3 is 0 Å². The van der Waals surface area contributed by atoms with Gasteiger partial charge in [-0.05, 0) is 73.7 Å². The summed E-state index contributed by atoms with van der Waals surface area (Å²) in [5.41, 5.74) is 2.75. The fourth-order valence-corrected chi connectivity index (χ4v) is 2.78. The highest BCUT2D eigenvalue weighted by atomic mass is 35.5. The Bertz CT molecular complexity index is 928. The highest BCUT2D eigenvalue weighted by Gasteiger charge is 2.09. The zero-order chi connectivity index (χ0) is 19.2. The maximum atomic E-state index is 6.14. The van der Waals surface area contributed by atoms with Crippen molar-refractivity contribution in [2.75, 3.05) is 17.7 Å². The summed E-state index contributed by atoms with van der Waals surface area (Å²) >= 11 is 11.6. The van der Waals surface area contributed by atoms with Crippen LogP contribution in [0, 0.1) is 6.92 Å². The number of hydrogen-bond donors (Lipinski definition) is 2. The van der Waals surface area contributed by atoms with E-state index in [4.69, 9.17) is 33.3 Å². The lowest BCUT2D eigenvalue weighted by Crippen LogP contribution is -2.19. The molecule has 0 unspecified atom stereocenters. The first kappa shape index (κ1) is 19.0. The summed E-state index contributed by atoms with van der Waals surface area (Å²) < 4.78 is 11.1. The van der Waals surface area contributed by atoms with Crippen molar-refractivity contribution < 1.29 is 9.47 Å². The highest BCUT2D eigenvalue weighted by molar-refractivity contribution is 7.80. The lowest BCUT2D eigenvalue weighted by Gasteiger charge is -2.15. The number of ether oxygens (including phenoxy) is 2. The van der Waals surface area contributed by atoms with Crippen LogP contribution in [0.5, 0.6) is 17.2 Å². The van der Waals surface area contributed by atoms with Gasteiger partial charge in [0.2, 0.25) is 0 Å². The first-order valence-corrected chi connectivity index (χ1v) is 9.08. The van der Waals surface area contributed by atoms with Crippen LogP contribution in [0.25, 0.3) is 0 Å². The zero-order valence-corrected chi connectivity index (χ0v) is 16.5. The van der Waals surface area contributed by atoms with Crippen LogP contribution >= 0.6 is 23.8 Å². The molecule has 0 bridgehead atoms. The molecule has 0 saturated carbocycles. The van der Waals surface area contributed by atoms with Crippen LogP contribution in [-0.2, 0) is 0 Å². The van der Waals surface area contributed by atoms with E-state index in [0.29, 0.717) is 27.3 Å². The molecule has 3 rings (SSSR count). The Balaban J connectivity index is 1.74. The van der Waals surface area contributed by atoms with Gasteiger partial charge in [0.15, 0.2) is 10.9 Å². The second-order valence-electron chi connectivity index (χ2n) is 5.86. The van der Waals surface area contributed by atoms with Gasteiger partial charge in [0.25, 0.3) is 0 Å². The van der Waals surface area contributed by atoms with Gasteiger partial charge < -0.3 is 20.1 Å². The molecular weight excluding hydrogens is 380 g/mol. The van der Waals surface area contributed by atoms with Crippen molar-refractivity contribution in [2.45, 2.75) is 6.92 Å². The van der Waals surface area contributed by atoms with Crippen molar-refractivity contribution in [1.29, 1.82) is 0 Å². The number of hydrogen-bond acceptors (Lipinski definition) is 3. The average molecular weight is 399 g/mol. The van der Waals surface area contributed by atoms with Crippen LogP contribution in [-0.4, -0.2) is 12.2 Å². The van der Waals surface area contributed by atoms with E-state index in [2.05, 4.69) is 10.6 Å². The SMILES string of the molecule is COc1ccc(Oc2ccc(Cl)cc2NC(=S)Nc2ccc(C)cc2)cc1. The van der Waals surface area contributed by atoms with Gasteiger partial charge in [-0.1, -0.05) is 29.3 Å². The Morgan fingerprint density at radius 2 is 1.56 bits per heavy atom. The quantitative estimate of drug-likeness (QED) is 0.496. The second-order valence-corrected chi connectivity index (χ2v) is 6.71. The van der Waals surface area contributed by atoms with Crippen molar-refractivity contribution in [3.8, 4) is 17.2 Å². The van der Waals surface area contributed by atoms with Gasteiger partial charge in [-0.25, -0.2) is 0 Å². The van der Waals surface area contributed by atoms with Crippen LogP contribution in [0.4, 0.5) is 11.4 Å². The molecule has 2 N–H and O–H groups in total. The van der Waals surface area contributed by atoms with Crippen LogP contribution < -0.4 is 20.1 Å². The third-order valence-corrected chi connectivity index (χ3v) is 4.23. The molecule has 0 fully saturated rings. The lowest BCUT2D eigenvalue weighted by molar-refractivity contribution is 0.413. The maximum absolute atomic E-state index is 6.14. The molecule has 0 atom stereocenters. The van der Waals surface area contributed by atoms with Crippen molar-refractivity contribution in [3.63, 3.8) is 0 Å². The topological polar surface area (TPSA) is 42.5 Å². The number of benzene rings is 3. The molecule has 4 nitrogen and oxygen atoms in total. The summed E-state index contributed by atoms with van der Waals surface area (Å²) in [7, 11) is 1.62. The molecule has 6 heteroatoms. The normalized spacial score (nSPS) is 10.2. The highest BCUT2D eigenvalue weighted by Crippen LogP contribution is 2.32. The Hall–Kier alpha value is -2.76. The summed E-state index contributed by atoms with van der Waals surface area (Å²) in [5, 5.41) is 7.32. The molecule has 0 amide bonds. The molecule has 0 aliphatic heterocycles. The van der Waals surface area contributed by atoms with Gasteiger partial charge in [-0.3, -0.25) is 0 Å². The van der Waals surface area contributed by atoms with Gasteiger partial charge in [-0.15, -0.1) is 0 Å². The molecule has 3 aromatic carbocycles. The van der Waals surface area contributed by atoms with Gasteiger partial charge in [0.1, 0.15) is 11.5 Å². The average Bonchev–Trinajstić information content (AvgIpc) is 2.66. The van der Waals surface area contributed by atoms with E-state index in [-0.39, 0.29) is 0 Å². The summed E-state index contributed by atoms with van der Waals surface area (Å²) in [6, 6.07) is 20.6. The predicted octanol–water partition coefficient (Wildman–Crippen LogP) is 6.26. The zero-order valence-electron chi connectivity index (χ0n) is 15.0. The minimum absolute atomic E-state index is 0.445. The monoisotopic (exact) mass is 398 g/mol. The summed E-state index contributed by atoms with van der Waals surface area (Å²) in [6.45, 7) is 2.04. The minimum Gasteiger partial charge on any atom is -0.497 e. The molecule has 0 heterocycles. The van der Waals surface area contributed by atoms with Crippen LogP contribution in [0.15, 0.2) is 66.7 Å². The van der Waals surface area contributed by atoms with Gasteiger partial charge in [0.05, 0.1) is 12.8 Å². The molecule has 0 aromatic heterocycles. The molecular formula is C21H19ClN2O2S. The molecule has 3 aromatic rings. The summed E-state index contributed by atoms with van der Waals surface area (Å²) in [4.78, 5) is 0. The van der Waals surface area contributed by atoms with E-state index < -0.39 is 0 Å². The van der Waals surface area contributed by atoms with Crippen LogP contribution in [0.3, 0.4) is 0 Å². The number of anilines is 2. The number of thiocarbonyl (C=S) groups is 1. The van der Waals surface area contributed by atoms with E-state index in [1.165, 1.54) is 5.56 Å². The Morgan fingerprint density at radius 1 is 0.889 bits per heavy atom. The minimum atomic E-state index is 0.445. The maximum Gasteiger partial charge on any atom is 0.175 e. The Kier molecular flexibility index (Phi) is 6.16. The number of methoxy groups -OCH3 is 1. The van der Waals surface area contributed by atoms with E-state index in [0.717, 1.165) is 11.4 Å². The first-order chi connectivity index (χ1) is 13.0. The van der Waals surface area contributed by atoms with Crippen molar-refractivity contribution in [3.05, 3.63) is 77.3 Å². The molecule has 0 aliphatic rings. The van der Waals surface area contributed by atoms with E-state index in [9.17, 15) is 0 Å². The summed E-state index contributed by atoms with van der Waals surface area (Å²) in [6.07, 6.45) is 0. The largest absolute Gasteiger partial charge is 0.497 e. The fourth-order valence-electron chi connectivity index (χ4n) is 2.38. The molecule has 138 valence electrons. The molecule has 0 spiro atoms. The molecule has 0 saturated heterocycles. The van der Waals surface area contributed by atoms with E-state index in [1.54, 1.807) is 25.3 Å².